The number of rotatable bonds is 4. The van der Waals surface area contributed by atoms with Crippen LogP contribution >= 0.6 is 11.6 Å². The van der Waals surface area contributed by atoms with Gasteiger partial charge in [0.05, 0.1) is 23.5 Å². The van der Waals surface area contributed by atoms with Gasteiger partial charge in [0.15, 0.2) is 0 Å². The van der Waals surface area contributed by atoms with E-state index in [1.807, 2.05) is 12.1 Å². The van der Waals surface area contributed by atoms with E-state index in [1.54, 1.807) is 48.7 Å². The van der Waals surface area contributed by atoms with Crippen LogP contribution < -0.4 is 10.2 Å². The Balaban J connectivity index is 1.59. The second kappa shape index (κ2) is 7.70. The zero-order valence-corrected chi connectivity index (χ0v) is 15.5. The smallest absolute Gasteiger partial charge is 0.414 e. The average Bonchev–Trinajstić information content (AvgIpc) is 3.15. The summed E-state index contributed by atoms with van der Waals surface area (Å²) in [5.41, 5.74) is 3.25. The van der Waals surface area contributed by atoms with Gasteiger partial charge in [-0.25, -0.2) is 4.79 Å². The van der Waals surface area contributed by atoms with Gasteiger partial charge < -0.3 is 10.1 Å². The molecule has 3 aromatic rings. The molecule has 0 atom stereocenters. The number of anilines is 2. The van der Waals surface area contributed by atoms with E-state index >= 15 is 0 Å². The summed E-state index contributed by atoms with van der Waals surface area (Å²) in [6.45, 7) is 0.771. The first-order valence-electron chi connectivity index (χ1n) is 8.67. The lowest BCUT2D eigenvalue weighted by Crippen LogP contribution is -2.25. The number of para-hydroxylation sites is 2. The largest absolute Gasteiger partial charge is 0.447 e. The number of hydrogen-bond acceptors (Lipinski definition) is 4. The number of carbonyl (C=O) groups excluding carboxylic acids is 2. The van der Waals surface area contributed by atoms with Crippen molar-refractivity contribution in [3.63, 3.8) is 0 Å². The average molecular weight is 394 g/mol. The molecule has 1 aliphatic heterocycles. The molecule has 6 nitrogen and oxygen atoms in total. The molecule has 0 saturated carbocycles. The number of nitrogens with one attached hydrogen (secondary N) is 1. The Morgan fingerprint density at radius 2 is 1.86 bits per heavy atom. The number of hydrogen-bond donors (Lipinski definition) is 1. The van der Waals surface area contributed by atoms with Crippen LogP contribution in [0, 0.1) is 0 Å². The second-order valence-electron chi connectivity index (χ2n) is 6.21. The van der Waals surface area contributed by atoms with E-state index in [0.29, 0.717) is 35.1 Å². The normalized spacial score (nSPS) is 13.3. The third kappa shape index (κ3) is 3.68. The lowest BCUT2D eigenvalue weighted by molar-refractivity contribution is 0.102. The van der Waals surface area contributed by atoms with Crippen LogP contribution in [0.4, 0.5) is 16.2 Å². The van der Waals surface area contributed by atoms with Crippen LogP contribution in [0.15, 0.2) is 67.0 Å². The fourth-order valence-corrected chi connectivity index (χ4v) is 3.11. The zero-order valence-electron chi connectivity index (χ0n) is 14.8. The molecule has 7 heteroatoms. The number of cyclic esters (lactones) is 1. The summed E-state index contributed by atoms with van der Waals surface area (Å²) in [6.07, 6.45) is 2.77. The van der Waals surface area contributed by atoms with Gasteiger partial charge in [0, 0.05) is 23.0 Å². The van der Waals surface area contributed by atoms with Crippen LogP contribution in [0.5, 0.6) is 0 Å². The molecule has 0 aliphatic carbocycles. The summed E-state index contributed by atoms with van der Waals surface area (Å²) >= 11 is 5.93. The minimum absolute atomic E-state index is 0.316. The van der Waals surface area contributed by atoms with E-state index in [9.17, 15) is 9.59 Å². The summed E-state index contributed by atoms with van der Waals surface area (Å²) in [6, 6.07) is 16.2. The molecule has 28 heavy (non-hydrogen) atoms. The molecule has 1 saturated heterocycles. The van der Waals surface area contributed by atoms with E-state index in [-0.39, 0.29) is 5.91 Å². The van der Waals surface area contributed by atoms with Gasteiger partial charge in [0.1, 0.15) is 6.61 Å². The minimum atomic E-state index is -0.423. The molecule has 0 radical (unpaired) electrons. The third-order valence-corrected chi connectivity index (χ3v) is 4.63. The summed E-state index contributed by atoms with van der Waals surface area (Å²) in [5.74, 6) is -0.316. The van der Waals surface area contributed by atoms with Crippen molar-refractivity contribution in [2.45, 2.75) is 0 Å². The highest BCUT2D eigenvalue weighted by Crippen LogP contribution is 2.29. The topological polar surface area (TPSA) is 71.5 Å². The van der Waals surface area contributed by atoms with Crippen LogP contribution in [-0.2, 0) is 4.74 Å². The molecule has 1 fully saturated rings. The molecular weight excluding hydrogens is 378 g/mol. The molecule has 4 rings (SSSR count). The molecule has 2 amide bonds. The molecule has 1 N–H and O–H groups in total. The van der Waals surface area contributed by atoms with Crippen molar-refractivity contribution in [2.75, 3.05) is 23.4 Å². The number of pyridine rings is 1. The Morgan fingerprint density at radius 3 is 2.61 bits per heavy atom. The molecular formula is C21H16ClN3O3. The first-order chi connectivity index (χ1) is 13.6. The minimum Gasteiger partial charge on any atom is -0.447 e. The monoisotopic (exact) mass is 393 g/mol. The Morgan fingerprint density at radius 1 is 1.07 bits per heavy atom. The summed E-state index contributed by atoms with van der Waals surface area (Å²) in [4.78, 5) is 30.4. The Bertz CT molecular complexity index is 1040. The number of ether oxygens (including phenoxy) is 1. The highest BCUT2D eigenvalue weighted by molar-refractivity contribution is 6.30. The number of nitrogens with zero attached hydrogens (tertiary/aromatic N) is 2. The number of aromatic nitrogens is 1. The van der Waals surface area contributed by atoms with Crippen LogP contribution in [0.1, 0.15) is 10.4 Å². The van der Waals surface area contributed by atoms with Crippen molar-refractivity contribution in [2.24, 2.45) is 0 Å². The van der Waals surface area contributed by atoms with Crippen molar-refractivity contribution in [3.05, 3.63) is 77.6 Å². The van der Waals surface area contributed by atoms with Gasteiger partial charge in [-0.1, -0.05) is 35.9 Å². The maximum Gasteiger partial charge on any atom is 0.414 e. The van der Waals surface area contributed by atoms with Crippen LogP contribution in [-0.4, -0.2) is 30.1 Å². The maximum atomic E-state index is 12.8. The van der Waals surface area contributed by atoms with Crippen LogP contribution in [0.2, 0.25) is 5.02 Å². The fraction of sp³-hybridized carbons (Fsp3) is 0.0952. The molecule has 1 aliphatic rings. The third-order valence-electron chi connectivity index (χ3n) is 4.38. The van der Waals surface area contributed by atoms with E-state index in [0.717, 1.165) is 11.1 Å². The number of amides is 2. The van der Waals surface area contributed by atoms with Gasteiger partial charge >= 0.3 is 6.09 Å². The quantitative estimate of drug-likeness (QED) is 0.702. The van der Waals surface area contributed by atoms with E-state index in [4.69, 9.17) is 16.3 Å². The van der Waals surface area contributed by atoms with Gasteiger partial charge in [-0.2, -0.15) is 0 Å². The summed E-state index contributed by atoms with van der Waals surface area (Å²) in [5, 5.41) is 3.50. The van der Waals surface area contributed by atoms with Gasteiger partial charge in [-0.3, -0.25) is 14.7 Å². The van der Waals surface area contributed by atoms with Gasteiger partial charge in [-0.05, 0) is 35.9 Å². The maximum absolute atomic E-state index is 12.8. The fourth-order valence-electron chi connectivity index (χ4n) is 2.99. The Labute approximate surface area is 166 Å². The van der Waals surface area contributed by atoms with Crippen molar-refractivity contribution < 1.29 is 14.3 Å². The predicted molar refractivity (Wildman–Crippen MR) is 108 cm³/mol. The van der Waals surface area contributed by atoms with Crippen LogP contribution in [0.3, 0.4) is 0 Å². The number of halogens is 1. The van der Waals surface area contributed by atoms with Crippen molar-refractivity contribution in [3.8, 4) is 11.1 Å². The molecule has 0 spiro atoms. The first kappa shape index (κ1) is 18.0. The lowest BCUT2D eigenvalue weighted by atomic mass is 10.1. The standard InChI is InChI=1S/C21H16ClN3O3/c22-17-7-5-14(6-8-17)15-11-16(13-23-12-15)20(26)24-18-3-1-2-4-19(18)25-9-10-28-21(25)27/h1-8,11-13H,9-10H2,(H,24,26). The first-order valence-corrected chi connectivity index (χ1v) is 9.05. The second-order valence-corrected chi connectivity index (χ2v) is 6.64. The van der Waals surface area contributed by atoms with Crippen molar-refractivity contribution in [1.82, 2.24) is 4.98 Å². The SMILES string of the molecule is O=C(Nc1ccccc1N1CCOC1=O)c1cncc(-c2ccc(Cl)cc2)c1. The van der Waals surface area contributed by atoms with Gasteiger partial charge in [0.2, 0.25) is 0 Å². The van der Waals surface area contributed by atoms with Crippen molar-refractivity contribution in [1.29, 1.82) is 0 Å². The van der Waals surface area contributed by atoms with E-state index in [1.165, 1.54) is 11.1 Å². The number of benzene rings is 2. The Hall–Kier alpha value is -3.38. The van der Waals surface area contributed by atoms with Crippen molar-refractivity contribution >= 4 is 35.0 Å². The molecule has 2 heterocycles. The molecule has 140 valence electrons. The molecule has 1 aromatic heterocycles. The highest BCUT2D eigenvalue weighted by Gasteiger charge is 2.26. The summed E-state index contributed by atoms with van der Waals surface area (Å²) in [7, 11) is 0. The lowest BCUT2D eigenvalue weighted by Gasteiger charge is -2.17. The van der Waals surface area contributed by atoms with E-state index < -0.39 is 6.09 Å². The van der Waals surface area contributed by atoms with Gasteiger partial charge in [-0.15, -0.1) is 0 Å². The zero-order chi connectivity index (χ0) is 19.5. The molecule has 0 unspecified atom stereocenters. The Kier molecular flexibility index (Phi) is 4.95. The molecule has 2 aromatic carbocycles. The van der Waals surface area contributed by atoms with Crippen LogP contribution in [0.25, 0.3) is 11.1 Å². The van der Waals surface area contributed by atoms with Gasteiger partial charge in [0.25, 0.3) is 5.91 Å². The molecule has 0 bridgehead atoms. The summed E-state index contributed by atoms with van der Waals surface area (Å²) < 4.78 is 4.99. The van der Waals surface area contributed by atoms with E-state index in [2.05, 4.69) is 10.3 Å². The highest BCUT2D eigenvalue weighted by atomic mass is 35.5. The number of carbonyl (C=O) groups is 2. The predicted octanol–water partition coefficient (Wildman–Crippen LogP) is 4.61.